The summed E-state index contributed by atoms with van der Waals surface area (Å²) >= 11 is 1.12. The minimum atomic E-state index is -0.717. The van der Waals surface area contributed by atoms with Gasteiger partial charge in [0.25, 0.3) is 11.1 Å². The molecular weight excluding hydrogens is 454 g/mol. The van der Waals surface area contributed by atoms with Gasteiger partial charge in [0.15, 0.2) is 0 Å². The van der Waals surface area contributed by atoms with Crippen LogP contribution in [0.1, 0.15) is 53.6 Å². The van der Waals surface area contributed by atoms with Gasteiger partial charge in [-0.3, -0.25) is 9.78 Å². The number of thiazole rings is 1. The third kappa shape index (κ3) is 5.36. The highest BCUT2D eigenvalue weighted by Crippen LogP contribution is 2.37. The number of rotatable bonds is 8. The fraction of sp³-hybridized carbons (Fsp3) is 0.360. The number of pyridine rings is 1. The highest BCUT2D eigenvalue weighted by atomic mass is 32.1. The zero-order valence-electron chi connectivity index (χ0n) is 19.3. The molecule has 0 bridgehead atoms. The molecule has 0 saturated heterocycles. The van der Waals surface area contributed by atoms with Gasteiger partial charge in [-0.25, -0.2) is 9.78 Å². The van der Waals surface area contributed by atoms with Crippen LogP contribution in [0, 0.1) is 5.92 Å². The summed E-state index contributed by atoms with van der Waals surface area (Å²) in [5.41, 5.74) is 2.12. The quantitative estimate of drug-likeness (QED) is 0.465. The maximum atomic E-state index is 12.7. The van der Waals surface area contributed by atoms with E-state index >= 15 is 0 Å². The van der Waals surface area contributed by atoms with Crippen molar-refractivity contribution in [2.75, 3.05) is 7.11 Å². The number of esters is 1. The van der Waals surface area contributed by atoms with E-state index in [1.54, 1.807) is 6.20 Å². The Morgan fingerprint density at radius 1 is 1.29 bits per heavy atom. The summed E-state index contributed by atoms with van der Waals surface area (Å²) < 4.78 is 16.9. The van der Waals surface area contributed by atoms with Gasteiger partial charge >= 0.3 is 5.97 Å². The monoisotopic (exact) mass is 481 g/mol. The number of hydrogen-bond acceptors (Lipinski definition) is 8. The molecule has 3 atom stereocenters. The predicted octanol–water partition coefficient (Wildman–Crippen LogP) is 4.71. The van der Waals surface area contributed by atoms with E-state index in [9.17, 15) is 9.59 Å². The number of amides is 1. The molecule has 1 unspecified atom stereocenters. The first-order chi connectivity index (χ1) is 16.5. The molecule has 34 heavy (non-hydrogen) atoms. The van der Waals surface area contributed by atoms with Crippen LogP contribution in [0.15, 0.2) is 48.9 Å². The number of aromatic nitrogens is 2. The maximum Gasteiger partial charge on any atom is 0.328 e. The smallest absolute Gasteiger partial charge is 0.328 e. The van der Waals surface area contributed by atoms with E-state index in [-0.39, 0.29) is 17.9 Å². The lowest BCUT2D eigenvalue weighted by molar-refractivity contribution is -0.144. The second-order valence-corrected chi connectivity index (χ2v) is 9.15. The van der Waals surface area contributed by atoms with Crippen LogP contribution in [-0.4, -0.2) is 35.0 Å². The first kappa shape index (κ1) is 23.7. The lowest BCUT2D eigenvalue weighted by Crippen LogP contribution is -2.45. The fourth-order valence-electron chi connectivity index (χ4n) is 3.75. The molecule has 0 fully saturated rings. The molecule has 1 amide bonds. The highest BCUT2D eigenvalue weighted by Gasteiger charge is 2.28. The van der Waals surface area contributed by atoms with Crippen LogP contribution in [0.3, 0.4) is 0 Å². The lowest BCUT2D eigenvalue weighted by Gasteiger charge is -2.26. The Hall–Kier alpha value is -3.46. The second kappa shape index (κ2) is 10.6. The molecule has 1 aliphatic rings. The first-order valence-corrected chi connectivity index (χ1v) is 12.0. The normalized spacial score (nSPS) is 16.5. The molecule has 0 aliphatic carbocycles. The zero-order chi connectivity index (χ0) is 24.1. The topological polar surface area (TPSA) is 99.6 Å². The van der Waals surface area contributed by atoms with Crippen molar-refractivity contribution in [2.24, 2.45) is 5.92 Å². The van der Waals surface area contributed by atoms with Crippen LogP contribution >= 0.6 is 11.3 Å². The summed E-state index contributed by atoms with van der Waals surface area (Å²) in [5, 5.41) is 3.09. The van der Waals surface area contributed by atoms with Crippen LogP contribution < -0.4 is 14.8 Å². The van der Waals surface area contributed by atoms with Crippen molar-refractivity contribution in [1.29, 1.82) is 0 Å². The molecule has 1 aliphatic heterocycles. The van der Waals surface area contributed by atoms with Gasteiger partial charge in [0.2, 0.25) is 0 Å². The van der Waals surface area contributed by atoms with E-state index in [0.29, 0.717) is 15.8 Å². The molecule has 1 N–H and O–H groups in total. The van der Waals surface area contributed by atoms with Gasteiger partial charge in [0, 0.05) is 18.0 Å². The van der Waals surface area contributed by atoms with Crippen molar-refractivity contribution in [2.45, 2.75) is 45.3 Å². The van der Waals surface area contributed by atoms with Crippen molar-refractivity contribution < 1.29 is 23.8 Å². The van der Waals surface area contributed by atoms with Gasteiger partial charge < -0.3 is 19.5 Å². The molecule has 3 heterocycles. The van der Waals surface area contributed by atoms with Gasteiger partial charge in [-0.15, -0.1) is 0 Å². The summed E-state index contributed by atoms with van der Waals surface area (Å²) in [4.78, 5) is 33.5. The Kier molecular flexibility index (Phi) is 7.42. The number of hydrogen-bond donors (Lipinski definition) is 1. The number of carbonyl (C=O) groups excluding carboxylic acids is 2. The molecule has 178 valence electrons. The Morgan fingerprint density at radius 3 is 2.88 bits per heavy atom. The van der Waals surface area contributed by atoms with E-state index < -0.39 is 12.0 Å². The van der Waals surface area contributed by atoms with Gasteiger partial charge in [0.1, 0.15) is 28.5 Å². The number of carbonyl (C=O) groups is 2. The molecule has 1 aromatic carbocycles. The molecule has 4 rings (SSSR count). The van der Waals surface area contributed by atoms with Gasteiger partial charge in [-0.1, -0.05) is 37.7 Å². The molecule has 0 spiro atoms. The van der Waals surface area contributed by atoms with Gasteiger partial charge in [-0.05, 0) is 48.6 Å². The van der Waals surface area contributed by atoms with Crippen molar-refractivity contribution >= 4 is 23.2 Å². The minimum Gasteiger partial charge on any atom is -0.485 e. The number of nitrogens with one attached hydrogen (secondary N) is 1. The average molecular weight is 482 g/mol. The average Bonchev–Trinajstić information content (AvgIpc) is 3.35. The molecule has 3 aromatic rings. The summed E-state index contributed by atoms with van der Waals surface area (Å²) in [6.45, 7) is 3.84. The molecule has 8 nitrogen and oxygen atoms in total. The zero-order valence-corrected chi connectivity index (χ0v) is 20.1. The van der Waals surface area contributed by atoms with Crippen molar-refractivity contribution in [3.63, 3.8) is 0 Å². The maximum absolute atomic E-state index is 12.7. The predicted molar refractivity (Wildman–Crippen MR) is 127 cm³/mol. The van der Waals surface area contributed by atoms with Crippen molar-refractivity contribution in [3.05, 3.63) is 64.9 Å². The lowest BCUT2D eigenvalue weighted by atomic mass is 9.98. The molecule has 9 heteroatoms. The third-order valence-corrected chi connectivity index (χ3v) is 6.78. The Morgan fingerprint density at radius 2 is 2.15 bits per heavy atom. The van der Waals surface area contributed by atoms with E-state index in [2.05, 4.69) is 15.3 Å². The van der Waals surface area contributed by atoms with E-state index in [1.807, 2.05) is 50.4 Å². The summed E-state index contributed by atoms with van der Waals surface area (Å²) in [6.07, 6.45) is 7.43. The van der Waals surface area contributed by atoms with Crippen molar-refractivity contribution in [1.82, 2.24) is 15.3 Å². The summed E-state index contributed by atoms with van der Waals surface area (Å²) in [7, 11) is 1.31. The Balaban J connectivity index is 1.40. The largest absolute Gasteiger partial charge is 0.485 e. The minimum absolute atomic E-state index is 0.0164. The number of benzene rings is 1. The Labute approximate surface area is 202 Å². The molecule has 0 radical (unpaired) electrons. The van der Waals surface area contributed by atoms with E-state index in [1.165, 1.54) is 13.3 Å². The van der Waals surface area contributed by atoms with Crippen LogP contribution in [0.2, 0.25) is 0 Å². The van der Waals surface area contributed by atoms with Gasteiger partial charge in [0.05, 0.1) is 13.3 Å². The number of fused-ring (bicyclic) bond motifs is 1. The van der Waals surface area contributed by atoms with Crippen LogP contribution in [0.5, 0.6) is 16.7 Å². The Bertz CT molecular complexity index is 1150. The number of ether oxygens (including phenoxy) is 3. The van der Waals surface area contributed by atoms with E-state index in [0.717, 1.165) is 47.5 Å². The highest BCUT2D eigenvalue weighted by molar-refractivity contribution is 7.15. The third-order valence-electron chi connectivity index (χ3n) is 5.90. The first-order valence-electron chi connectivity index (χ1n) is 11.2. The molecule has 2 aromatic heterocycles. The fourth-order valence-corrected chi connectivity index (χ4v) is 4.44. The second-order valence-electron chi connectivity index (χ2n) is 8.15. The van der Waals surface area contributed by atoms with Crippen LogP contribution in [0.25, 0.3) is 0 Å². The van der Waals surface area contributed by atoms with Crippen LogP contribution in [0.4, 0.5) is 0 Å². The van der Waals surface area contributed by atoms with Crippen LogP contribution in [-0.2, 0) is 16.0 Å². The molecular formula is C25H27N3O5S. The number of methoxy groups -OCH3 is 1. The number of aryl methyl sites for hydroxylation is 1. The van der Waals surface area contributed by atoms with Crippen molar-refractivity contribution in [3.8, 4) is 16.7 Å². The SMILES string of the molecule is CC[C@H](C)[C@H](NC(=O)c1cnc(Oc2ccc3c(c2)CCC(c2cccnc2)O3)s1)C(=O)OC. The summed E-state index contributed by atoms with van der Waals surface area (Å²) in [6, 6.07) is 8.86. The van der Waals surface area contributed by atoms with Gasteiger partial charge in [-0.2, -0.15) is 0 Å². The summed E-state index contributed by atoms with van der Waals surface area (Å²) in [5.74, 6) is 0.533. The van der Waals surface area contributed by atoms with E-state index in [4.69, 9.17) is 14.2 Å². The number of nitrogens with zero attached hydrogens (tertiary/aromatic N) is 2. The standard InChI is InChI=1S/C25H27N3O5S/c1-4-15(2)22(24(30)31-3)28-23(29)21-14-27-25(34-21)32-18-8-10-19-16(12-18)7-9-20(33-19)17-6-5-11-26-13-17/h5-6,8,10-15,20,22H,4,7,9H2,1-3H3,(H,28,29)/t15-,20?,22-/m0/s1. The molecule has 0 saturated carbocycles.